The highest BCUT2D eigenvalue weighted by Gasteiger charge is 2.23. The summed E-state index contributed by atoms with van der Waals surface area (Å²) in [6, 6.07) is 20.1. The van der Waals surface area contributed by atoms with Gasteiger partial charge in [0.1, 0.15) is 5.52 Å². The number of carboxylic acid groups (broad SMARTS) is 1. The smallest absolute Gasteiger partial charge is 0.305 e. The molecule has 3 aromatic carbocycles. The molecule has 2 N–H and O–H groups in total. The maximum absolute atomic E-state index is 13.0. The zero-order chi connectivity index (χ0) is 27.4. The van der Waals surface area contributed by atoms with Gasteiger partial charge in [0, 0.05) is 32.4 Å². The molecule has 1 heterocycles. The third kappa shape index (κ3) is 6.00. The van der Waals surface area contributed by atoms with E-state index >= 15 is 0 Å². The van der Waals surface area contributed by atoms with Crippen LogP contribution >= 0.6 is 0 Å². The minimum atomic E-state index is -0.999. The van der Waals surface area contributed by atoms with E-state index in [2.05, 4.69) is 10.3 Å². The average molecular weight is 515 g/mol. The summed E-state index contributed by atoms with van der Waals surface area (Å²) >= 11 is 0. The van der Waals surface area contributed by atoms with E-state index in [0.29, 0.717) is 28.4 Å². The Morgan fingerprint density at radius 3 is 2.39 bits per heavy atom. The molecule has 9 nitrogen and oxygen atoms in total. The lowest BCUT2D eigenvalue weighted by Crippen LogP contribution is -2.31. The van der Waals surface area contributed by atoms with Gasteiger partial charge in [-0.25, -0.2) is 0 Å². The first-order chi connectivity index (χ1) is 18.1. The largest absolute Gasteiger partial charge is 0.481 e. The number of rotatable bonds is 9. The summed E-state index contributed by atoms with van der Waals surface area (Å²) in [7, 11) is 3.26. The van der Waals surface area contributed by atoms with Gasteiger partial charge in [-0.3, -0.25) is 14.4 Å². The number of likely N-dealkylation sites (N-methyl/N-ethyl adjacent to an activating group) is 1. The third-order valence-corrected chi connectivity index (χ3v) is 6.57. The number of nitrogens with zero attached hydrogens (tertiary/aromatic N) is 3. The molecule has 1 atom stereocenters. The second-order valence-electron chi connectivity index (χ2n) is 9.23. The molecule has 0 aliphatic carbocycles. The van der Waals surface area contributed by atoms with Gasteiger partial charge >= 0.3 is 5.97 Å². The van der Waals surface area contributed by atoms with Gasteiger partial charge in [0.05, 0.1) is 18.9 Å². The van der Waals surface area contributed by atoms with Gasteiger partial charge in [-0.15, -0.1) is 0 Å². The van der Waals surface area contributed by atoms with Crippen LogP contribution in [0.4, 0.5) is 17.4 Å². The number of aromatic nitrogens is 1. The number of aryl methyl sites for hydroxylation is 1. The molecule has 0 unspecified atom stereocenters. The van der Waals surface area contributed by atoms with E-state index in [1.807, 2.05) is 49.4 Å². The summed E-state index contributed by atoms with van der Waals surface area (Å²) in [5.41, 5.74) is 5.37. The first-order valence-corrected chi connectivity index (χ1v) is 12.2. The maximum Gasteiger partial charge on any atom is 0.305 e. The van der Waals surface area contributed by atoms with Crippen molar-refractivity contribution in [2.75, 3.05) is 24.3 Å². The number of carboxylic acids is 1. The minimum Gasteiger partial charge on any atom is -0.481 e. The number of para-hydroxylation sites is 1. The van der Waals surface area contributed by atoms with Crippen LogP contribution in [0.3, 0.4) is 0 Å². The topological polar surface area (TPSA) is 116 Å². The van der Waals surface area contributed by atoms with E-state index in [9.17, 15) is 19.5 Å². The van der Waals surface area contributed by atoms with Crippen LogP contribution in [0.5, 0.6) is 0 Å². The molecule has 0 spiro atoms. The van der Waals surface area contributed by atoms with Crippen molar-refractivity contribution in [1.29, 1.82) is 0 Å². The maximum atomic E-state index is 13.0. The Bertz CT molecular complexity index is 1480. The van der Waals surface area contributed by atoms with Crippen molar-refractivity contribution in [1.82, 2.24) is 9.88 Å². The lowest BCUT2D eigenvalue weighted by Gasteiger charge is -2.27. The molecule has 0 bridgehead atoms. The molecule has 0 radical (unpaired) electrons. The Labute approximate surface area is 220 Å². The van der Waals surface area contributed by atoms with Crippen LogP contribution in [-0.4, -0.2) is 46.9 Å². The Morgan fingerprint density at radius 1 is 1.03 bits per heavy atom. The van der Waals surface area contributed by atoms with Crippen LogP contribution < -0.4 is 10.2 Å². The number of carbonyl (C=O) groups excluding carboxylic acids is 2. The fourth-order valence-electron chi connectivity index (χ4n) is 4.18. The highest BCUT2D eigenvalue weighted by atomic mass is 16.4. The van der Waals surface area contributed by atoms with Gasteiger partial charge in [-0.2, -0.15) is 4.98 Å². The van der Waals surface area contributed by atoms with Gasteiger partial charge in [0.15, 0.2) is 5.58 Å². The summed E-state index contributed by atoms with van der Waals surface area (Å²) < 4.78 is 5.88. The van der Waals surface area contributed by atoms with Gasteiger partial charge in [0.2, 0.25) is 11.8 Å². The summed E-state index contributed by atoms with van der Waals surface area (Å²) in [6.07, 6.45) is -0.0549. The molecule has 0 aliphatic rings. The van der Waals surface area contributed by atoms with Crippen molar-refractivity contribution in [3.8, 4) is 0 Å². The molecular formula is C29H30N4O5. The second-order valence-corrected chi connectivity index (χ2v) is 9.23. The number of oxazole rings is 1. The highest BCUT2D eigenvalue weighted by molar-refractivity contribution is 5.94. The Kier molecular flexibility index (Phi) is 7.76. The normalized spacial score (nSPS) is 11.7. The van der Waals surface area contributed by atoms with Crippen molar-refractivity contribution in [3.05, 3.63) is 83.4 Å². The zero-order valence-electron chi connectivity index (χ0n) is 21.8. The highest BCUT2D eigenvalue weighted by Crippen LogP contribution is 2.27. The molecule has 2 amide bonds. The summed E-state index contributed by atoms with van der Waals surface area (Å²) in [5.74, 6) is -1.35. The number of fused-ring (bicyclic) bond motifs is 1. The van der Waals surface area contributed by atoms with Crippen molar-refractivity contribution < 1.29 is 23.9 Å². The van der Waals surface area contributed by atoms with E-state index in [4.69, 9.17) is 4.42 Å². The Hall–Kier alpha value is -4.66. The van der Waals surface area contributed by atoms with Crippen molar-refractivity contribution >= 4 is 46.3 Å². The summed E-state index contributed by atoms with van der Waals surface area (Å²) in [6.45, 7) is 3.39. The zero-order valence-corrected chi connectivity index (χ0v) is 21.8. The number of nitrogens with one attached hydrogen (secondary N) is 1. The monoisotopic (exact) mass is 514 g/mol. The van der Waals surface area contributed by atoms with E-state index in [1.54, 1.807) is 43.3 Å². The van der Waals surface area contributed by atoms with E-state index in [-0.39, 0.29) is 24.7 Å². The molecular weight excluding hydrogens is 484 g/mol. The van der Waals surface area contributed by atoms with Crippen LogP contribution in [0.1, 0.15) is 36.1 Å². The molecule has 4 rings (SSSR count). The molecule has 196 valence electrons. The van der Waals surface area contributed by atoms with Gasteiger partial charge in [0.25, 0.3) is 6.01 Å². The van der Waals surface area contributed by atoms with E-state index in [0.717, 1.165) is 16.8 Å². The van der Waals surface area contributed by atoms with Crippen LogP contribution in [0.15, 0.2) is 71.1 Å². The summed E-state index contributed by atoms with van der Waals surface area (Å²) in [4.78, 5) is 43.6. The number of benzene rings is 3. The minimum absolute atomic E-state index is 0.127. The molecule has 0 aliphatic heterocycles. The molecule has 0 saturated heterocycles. The predicted molar refractivity (Wildman–Crippen MR) is 145 cm³/mol. The quantitative estimate of drug-likeness (QED) is 0.320. The van der Waals surface area contributed by atoms with Crippen molar-refractivity contribution in [2.24, 2.45) is 0 Å². The van der Waals surface area contributed by atoms with Crippen molar-refractivity contribution in [2.45, 2.75) is 32.7 Å². The van der Waals surface area contributed by atoms with Crippen LogP contribution in [-0.2, 0) is 20.8 Å². The molecule has 4 aromatic rings. The van der Waals surface area contributed by atoms with E-state index < -0.39 is 12.0 Å². The predicted octanol–water partition coefficient (Wildman–Crippen LogP) is 5.08. The average Bonchev–Trinajstić information content (AvgIpc) is 3.29. The number of hydrogen-bond acceptors (Lipinski definition) is 6. The van der Waals surface area contributed by atoms with Crippen molar-refractivity contribution in [3.63, 3.8) is 0 Å². The van der Waals surface area contributed by atoms with Crippen LogP contribution in [0.25, 0.3) is 11.1 Å². The lowest BCUT2D eigenvalue weighted by molar-refractivity contribution is -0.140. The Balaban J connectivity index is 1.45. The molecule has 0 saturated carbocycles. The van der Waals surface area contributed by atoms with Gasteiger partial charge in [-0.05, 0) is 53.9 Å². The van der Waals surface area contributed by atoms with Crippen LogP contribution in [0.2, 0.25) is 0 Å². The standard InChI is InChI=1S/C29H30N4O5/c1-18-7-5-6-8-23(18)30-29-31-24-14-9-20(15-26(24)38-29)16-27(35)33(4)22-12-10-21(11-13-22)25(17-28(36)37)32(3)19(2)34/h5-15,25H,16-17H2,1-4H3,(H,30,31)(H,36,37)/t25-/m1/s1. The first-order valence-electron chi connectivity index (χ1n) is 12.2. The lowest BCUT2D eigenvalue weighted by atomic mass is 10.0. The number of anilines is 3. The molecule has 1 aromatic heterocycles. The van der Waals surface area contributed by atoms with Crippen LogP contribution in [0, 0.1) is 6.92 Å². The number of amides is 2. The number of carbonyl (C=O) groups is 3. The van der Waals surface area contributed by atoms with E-state index in [1.165, 1.54) is 11.8 Å². The number of aliphatic carboxylic acids is 1. The van der Waals surface area contributed by atoms with Gasteiger partial charge in [-0.1, -0.05) is 36.4 Å². The fourth-order valence-corrected chi connectivity index (χ4v) is 4.18. The van der Waals surface area contributed by atoms with Gasteiger partial charge < -0.3 is 24.6 Å². The molecule has 38 heavy (non-hydrogen) atoms. The third-order valence-electron chi connectivity index (χ3n) is 6.57. The SMILES string of the molecule is CC(=O)N(C)[C@H](CC(=O)O)c1ccc(N(C)C(=O)Cc2ccc3nc(Nc4ccccc4C)oc3c2)cc1. The molecule has 0 fully saturated rings. The molecule has 9 heteroatoms. The number of hydrogen-bond donors (Lipinski definition) is 2. The Morgan fingerprint density at radius 2 is 1.74 bits per heavy atom. The fraction of sp³-hybridized carbons (Fsp3) is 0.241. The second kappa shape index (κ2) is 11.2. The summed E-state index contributed by atoms with van der Waals surface area (Å²) in [5, 5.41) is 12.5. The first kappa shape index (κ1) is 26.4.